The Morgan fingerprint density at radius 1 is 0.966 bits per heavy atom. The molecular formula is C20H26N2O5S2. The molecule has 3 rings (SSSR count). The first-order chi connectivity index (χ1) is 13.7. The molecule has 2 aromatic rings. The van der Waals surface area contributed by atoms with E-state index in [-0.39, 0.29) is 22.4 Å². The van der Waals surface area contributed by atoms with Crippen LogP contribution in [0.5, 0.6) is 5.75 Å². The lowest BCUT2D eigenvalue weighted by molar-refractivity contribution is 0.268. The summed E-state index contributed by atoms with van der Waals surface area (Å²) in [6.45, 7) is 2.52. The largest absolute Gasteiger partial charge is 0.497 e. The molecule has 0 spiro atoms. The molecule has 0 unspecified atom stereocenters. The van der Waals surface area contributed by atoms with Gasteiger partial charge in [-0.15, -0.1) is 0 Å². The molecule has 2 aromatic carbocycles. The van der Waals surface area contributed by atoms with Crippen molar-refractivity contribution >= 4 is 20.0 Å². The summed E-state index contributed by atoms with van der Waals surface area (Å²) in [4.78, 5) is 0.136. The summed E-state index contributed by atoms with van der Waals surface area (Å²) in [6.07, 6.45) is 2.69. The van der Waals surface area contributed by atoms with E-state index in [1.807, 2.05) is 6.92 Å². The molecular weight excluding hydrogens is 412 g/mol. The second-order valence-electron chi connectivity index (χ2n) is 7.10. The van der Waals surface area contributed by atoms with Crippen LogP contribution in [0.3, 0.4) is 0 Å². The number of hydrogen-bond acceptors (Lipinski definition) is 5. The standard InChI is InChI=1S/C20H26N2O5S2/c1-16-5-3-4-14-22(16)29(25,26)20-12-10-19(11-13-20)28(23,24)21-15-17-6-8-18(27-2)9-7-17/h6-13,16,21H,3-5,14-15H2,1-2H3/t16-/m0/s1. The summed E-state index contributed by atoms with van der Waals surface area (Å²) in [7, 11) is -5.83. The van der Waals surface area contributed by atoms with Crippen LogP contribution in [0.1, 0.15) is 31.7 Å². The molecule has 1 N–H and O–H groups in total. The van der Waals surface area contributed by atoms with Gasteiger partial charge in [0.2, 0.25) is 20.0 Å². The molecule has 0 aliphatic carbocycles. The van der Waals surface area contributed by atoms with Gasteiger partial charge in [0.25, 0.3) is 0 Å². The Bertz CT molecular complexity index is 1030. The number of sulfonamides is 2. The first-order valence-corrected chi connectivity index (χ1v) is 12.4. The van der Waals surface area contributed by atoms with E-state index in [0.717, 1.165) is 24.8 Å². The van der Waals surface area contributed by atoms with Gasteiger partial charge in [0.1, 0.15) is 5.75 Å². The highest BCUT2D eigenvalue weighted by molar-refractivity contribution is 7.89. The molecule has 0 saturated carbocycles. The van der Waals surface area contributed by atoms with Crippen LogP contribution in [0.15, 0.2) is 58.3 Å². The van der Waals surface area contributed by atoms with Crippen molar-refractivity contribution in [2.45, 2.75) is 48.6 Å². The van der Waals surface area contributed by atoms with Gasteiger partial charge in [-0.05, 0) is 61.7 Å². The summed E-state index contributed by atoms with van der Waals surface area (Å²) in [5, 5.41) is 0. The maximum Gasteiger partial charge on any atom is 0.243 e. The Labute approximate surface area is 172 Å². The van der Waals surface area contributed by atoms with Gasteiger partial charge in [-0.25, -0.2) is 21.6 Å². The van der Waals surface area contributed by atoms with Gasteiger partial charge in [0, 0.05) is 19.1 Å². The Hall–Kier alpha value is -1.94. The molecule has 9 heteroatoms. The van der Waals surface area contributed by atoms with E-state index in [9.17, 15) is 16.8 Å². The van der Waals surface area contributed by atoms with Crippen molar-refractivity contribution in [2.24, 2.45) is 0 Å². The quantitative estimate of drug-likeness (QED) is 0.718. The van der Waals surface area contributed by atoms with E-state index in [4.69, 9.17) is 4.74 Å². The smallest absolute Gasteiger partial charge is 0.243 e. The lowest BCUT2D eigenvalue weighted by atomic mass is 10.1. The molecule has 1 saturated heterocycles. The number of ether oxygens (including phenoxy) is 1. The van der Waals surface area contributed by atoms with Crippen molar-refractivity contribution in [1.82, 2.24) is 9.03 Å². The van der Waals surface area contributed by atoms with Gasteiger partial charge >= 0.3 is 0 Å². The molecule has 1 aliphatic rings. The maximum absolute atomic E-state index is 12.9. The fourth-order valence-electron chi connectivity index (χ4n) is 3.36. The van der Waals surface area contributed by atoms with Crippen molar-refractivity contribution in [3.8, 4) is 5.75 Å². The Kier molecular flexibility index (Phi) is 6.62. The highest BCUT2D eigenvalue weighted by Crippen LogP contribution is 2.25. The molecule has 0 aromatic heterocycles. The number of nitrogens with zero attached hydrogens (tertiary/aromatic N) is 1. The third kappa shape index (κ3) is 4.98. The second kappa shape index (κ2) is 8.83. The van der Waals surface area contributed by atoms with Crippen molar-refractivity contribution in [3.63, 3.8) is 0 Å². The van der Waals surface area contributed by atoms with E-state index in [1.54, 1.807) is 31.4 Å². The summed E-state index contributed by atoms with van der Waals surface area (Å²) in [5.74, 6) is 0.691. The van der Waals surface area contributed by atoms with E-state index in [2.05, 4.69) is 4.72 Å². The molecule has 1 aliphatic heterocycles. The van der Waals surface area contributed by atoms with Crippen LogP contribution < -0.4 is 9.46 Å². The normalized spacial score (nSPS) is 18.5. The maximum atomic E-state index is 12.9. The average Bonchev–Trinajstić information content (AvgIpc) is 2.73. The molecule has 0 radical (unpaired) electrons. The lowest BCUT2D eigenvalue weighted by Crippen LogP contribution is -2.41. The van der Waals surface area contributed by atoms with Gasteiger partial charge in [-0.2, -0.15) is 4.31 Å². The molecule has 29 heavy (non-hydrogen) atoms. The number of rotatable bonds is 7. The first kappa shape index (κ1) is 21.8. The SMILES string of the molecule is COc1ccc(CNS(=O)(=O)c2ccc(S(=O)(=O)N3CCCC[C@@H]3C)cc2)cc1. The van der Waals surface area contributed by atoms with Crippen LogP contribution in [0.4, 0.5) is 0 Å². The first-order valence-electron chi connectivity index (χ1n) is 9.48. The molecule has 158 valence electrons. The molecule has 0 amide bonds. The van der Waals surface area contributed by atoms with Crippen molar-refractivity contribution in [3.05, 3.63) is 54.1 Å². The lowest BCUT2D eigenvalue weighted by Gasteiger charge is -2.32. The number of piperidine rings is 1. The average molecular weight is 439 g/mol. The zero-order valence-corrected chi connectivity index (χ0v) is 18.2. The highest BCUT2D eigenvalue weighted by Gasteiger charge is 2.31. The van der Waals surface area contributed by atoms with Gasteiger partial charge in [0.15, 0.2) is 0 Å². The molecule has 7 nitrogen and oxygen atoms in total. The fourth-order valence-corrected chi connectivity index (χ4v) is 6.08. The summed E-state index contributed by atoms with van der Waals surface area (Å²) in [6, 6.07) is 12.4. The zero-order valence-electron chi connectivity index (χ0n) is 16.5. The Morgan fingerprint density at radius 3 is 2.17 bits per heavy atom. The van der Waals surface area contributed by atoms with E-state index < -0.39 is 20.0 Å². The minimum Gasteiger partial charge on any atom is -0.497 e. The Morgan fingerprint density at radius 2 is 1.59 bits per heavy atom. The number of benzene rings is 2. The van der Waals surface area contributed by atoms with Crippen molar-refractivity contribution < 1.29 is 21.6 Å². The summed E-state index contributed by atoms with van der Waals surface area (Å²) < 4.78 is 60.0. The van der Waals surface area contributed by atoms with Crippen LogP contribution >= 0.6 is 0 Å². The Balaban J connectivity index is 1.72. The van der Waals surface area contributed by atoms with Crippen LogP contribution in [0, 0.1) is 0 Å². The molecule has 1 fully saturated rings. The van der Waals surface area contributed by atoms with E-state index in [0.29, 0.717) is 12.3 Å². The summed E-state index contributed by atoms with van der Waals surface area (Å²) in [5.41, 5.74) is 0.785. The fraction of sp³-hybridized carbons (Fsp3) is 0.400. The van der Waals surface area contributed by atoms with Crippen molar-refractivity contribution in [2.75, 3.05) is 13.7 Å². The van der Waals surface area contributed by atoms with Gasteiger partial charge < -0.3 is 4.74 Å². The number of methoxy groups -OCH3 is 1. The summed E-state index contributed by atoms with van der Waals surface area (Å²) >= 11 is 0. The van der Waals surface area contributed by atoms with Crippen LogP contribution in [-0.4, -0.2) is 40.8 Å². The van der Waals surface area contributed by atoms with Crippen LogP contribution in [0.2, 0.25) is 0 Å². The van der Waals surface area contributed by atoms with Crippen LogP contribution in [-0.2, 0) is 26.6 Å². The minimum atomic E-state index is -3.76. The zero-order chi connectivity index (χ0) is 21.1. The van der Waals surface area contributed by atoms with Crippen LogP contribution in [0.25, 0.3) is 0 Å². The monoisotopic (exact) mass is 438 g/mol. The third-order valence-electron chi connectivity index (χ3n) is 5.11. The molecule has 0 bridgehead atoms. The highest BCUT2D eigenvalue weighted by atomic mass is 32.2. The number of nitrogens with one attached hydrogen (secondary N) is 1. The predicted molar refractivity (Wildman–Crippen MR) is 111 cm³/mol. The minimum absolute atomic E-state index is 0.0247. The van der Waals surface area contributed by atoms with Crippen molar-refractivity contribution in [1.29, 1.82) is 0 Å². The van der Waals surface area contributed by atoms with E-state index >= 15 is 0 Å². The topological polar surface area (TPSA) is 92.8 Å². The van der Waals surface area contributed by atoms with E-state index in [1.165, 1.54) is 28.6 Å². The molecule has 1 atom stereocenters. The predicted octanol–water partition coefficient (Wildman–Crippen LogP) is 2.74. The van der Waals surface area contributed by atoms with Gasteiger partial charge in [0.05, 0.1) is 16.9 Å². The number of hydrogen-bond donors (Lipinski definition) is 1. The van der Waals surface area contributed by atoms with Gasteiger partial charge in [-0.3, -0.25) is 0 Å². The second-order valence-corrected chi connectivity index (χ2v) is 10.8. The van der Waals surface area contributed by atoms with Gasteiger partial charge in [-0.1, -0.05) is 18.6 Å². The third-order valence-corrected chi connectivity index (χ3v) is 8.55. The molecule has 1 heterocycles.